The van der Waals surface area contributed by atoms with Crippen molar-refractivity contribution in [2.75, 3.05) is 45.2 Å². The van der Waals surface area contributed by atoms with Crippen molar-refractivity contribution in [3.05, 3.63) is 78.2 Å². The van der Waals surface area contributed by atoms with Gasteiger partial charge in [0.2, 0.25) is 0 Å². The van der Waals surface area contributed by atoms with Crippen LogP contribution < -0.4 is 14.8 Å². The highest BCUT2D eigenvalue weighted by atomic mass is 16.5. The van der Waals surface area contributed by atoms with Gasteiger partial charge in [-0.3, -0.25) is 15.1 Å². The van der Waals surface area contributed by atoms with Crippen LogP contribution in [0.3, 0.4) is 0 Å². The molecule has 1 aliphatic rings. The van der Waals surface area contributed by atoms with Crippen LogP contribution in [0.15, 0.2) is 67.1 Å². The van der Waals surface area contributed by atoms with Gasteiger partial charge in [-0.25, -0.2) is 9.78 Å². The third kappa shape index (κ3) is 6.00. The Morgan fingerprint density at radius 2 is 1.74 bits per heavy atom. The van der Waals surface area contributed by atoms with Crippen molar-refractivity contribution in [1.82, 2.24) is 19.8 Å². The molecule has 0 saturated carbocycles. The minimum atomic E-state index is -0.251. The van der Waals surface area contributed by atoms with Crippen molar-refractivity contribution < 1.29 is 19.1 Å². The van der Waals surface area contributed by atoms with Gasteiger partial charge in [0.1, 0.15) is 11.5 Å². The number of nitrogens with zero attached hydrogens (tertiary/aromatic N) is 4. The number of benzene rings is 2. The van der Waals surface area contributed by atoms with Crippen molar-refractivity contribution in [3.8, 4) is 11.5 Å². The van der Waals surface area contributed by atoms with E-state index in [0.717, 1.165) is 17.7 Å². The van der Waals surface area contributed by atoms with Crippen LogP contribution in [0.25, 0.3) is 0 Å². The number of hydrogen-bond donors (Lipinski definition) is 1. The molecule has 4 rings (SSSR count). The maximum atomic E-state index is 13.0. The monoisotopic (exact) mass is 461 g/mol. The zero-order valence-electron chi connectivity index (χ0n) is 19.0. The van der Waals surface area contributed by atoms with Crippen LogP contribution in [0.5, 0.6) is 11.5 Å². The second-order valence-electron chi connectivity index (χ2n) is 7.78. The standard InChI is InChI=1S/C25H27N5O4/c1-33-21-6-2-4-19(16-21)8-15-34-22-7-3-5-20(17-22)24(31)29-11-13-30(14-12-29)25(32)28-23-18-26-9-10-27-23/h2-7,9-10,16-18H,8,11-15H2,1H3,(H,27,28,32). The summed E-state index contributed by atoms with van der Waals surface area (Å²) in [5.74, 6) is 1.79. The van der Waals surface area contributed by atoms with Crippen molar-refractivity contribution >= 4 is 17.8 Å². The Morgan fingerprint density at radius 3 is 2.50 bits per heavy atom. The third-order valence-corrected chi connectivity index (χ3v) is 5.53. The first kappa shape index (κ1) is 23.0. The van der Waals surface area contributed by atoms with E-state index in [4.69, 9.17) is 9.47 Å². The Morgan fingerprint density at radius 1 is 0.971 bits per heavy atom. The molecule has 9 nitrogen and oxygen atoms in total. The number of amides is 3. The fraction of sp³-hybridized carbons (Fsp3) is 0.280. The molecule has 1 fully saturated rings. The molecule has 9 heteroatoms. The van der Waals surface area contributed by atoms with E-state index in [1.807, 2.05) is 36.4 Å². The van der Waals surface area contributed by atoms with Gasteiger partial charge in [-0.15, -0.1) is 0 Å². The van der Waals surface area contributed by atoms with Crippen LogP contribution in [-0.2, 0) is 6.42 Å². The van der Waals surface area contributed by atoms with Crippen LogP contribution in [0.2, 0.25) is 0 Å². The predicted molar refractivity (Wildman–Crippen MR) is 127 cm³/mol. The molecule has 0 radical (unpaired) electrons. The largest absolute Gasteiger partial charge is 0.497 e. The second kappa shape index (κ2) is 11.1. The molecule has 176 valence electrons. The van der Waals surface area contributed by atoms with Crippen LogP contribution >= 0.6 is 0 Å². The number of urea groups is 1. The minimum Gasteiger partial charge on any atom is -0.497 e. The topological polar surface area (TPSA) is 96.9 Å². The molecule has 0 spiro atoms. The number of methoxy groups -OCH3 is 1. The van der Waals surface area contributed by atoms with Gasteiger partial charge in [-0.1, -0.05) is 18.2 Å². The van der Waals surface area contributed by atoms with Crippen LogP contribution in [0.1, 0.15) is 15.9 Å². The minimum absolute atomic E-state index is 0.0766. The summed E-state index contributed by atoms with van der Waals surface area (Å²) in [5, 5.41) is 2.72. The van der Waals surface area contributed by atoms with E-state index < -0.39 is 0 Å². The Bertz CT molecular complexity index is 1120. The molecule has 0 bridgehead atoms. The quantitative estimate of drug-likeness (QED) is 0.581. The molecule has 1 aliphatic heterocycles. The maximum absolute atomic E-state index is 13.0. The van der Waals surface area contributed by atoms with E-state index >= 15 is 0 Å². The lowest BCUT2D eigenvalue weighted by atomic mass is 10.1. The first-order valence-electron chi connectivity index (χ1n) is 11.1. The summed E-state index contributed by atoms with van der Waals surface area (Å²) < 4.78 is 11.1. The highest BCUT2D eigenvalue weighted by molar-refractivity contribution is 5.95. The molecule has 0 atom stereocenters. The first-order valence-corrected chi connectivity index (χ1v) is 11.1. The summed E-state index contributed by atoms with van der Waals surface area (Å²) >= 11 is 0. The number of piperazine rings is 1. The first-order chi connectivity index (χ1) is 16.6. The van der Waals surface area contributed by atoms with Gasteiger partial charge in [0.15, 0.2) is 5.82 Å². The summed E-state index contributed by atoms with van der Waals surface area (Å²) in [6.07, 6.45) is 5.28. The second-order valence-corrected chi connectivity index (χ2v) is 7.78. The van der Waals surface area contributed by atoms with E-state index in [0.29, 0.717) is 49.9 Å². The molecule has 1 saturated heterocycles. The van der Waals surface area contributed by atoms with Gasteiger partial charge in [-0.2, -0.15) is 0 Å². The average molecular weight is 462 g/mol. The van der Waals surface area contributed by atoms with E-state index in [1.54, 1.807) is 35.2 Å². The summed E-state index contributed by atoms with van der Waals surface area (Å²) in [4.78, 5) is 36.8. The lowest BCUT2D eigenvalue weighted by molar-refractivity contribution is 0.0671. The van der Waals surface area contributed by atoms with E-state index in [-0.39, 0.29) is 11.9 Å². The van der Waals surface area contributed by atoms with E-state index in [9.17, 15) is 9.59 Å². The van der Waals surface area contributed by atoms with Crippen molar-refractivity contribution in [2.24, 2.45) is 0 Å². The zero-order chi connectivity index (χ0) is 23.8. The number of ether oxygens (including phenoxy) is 2. The SMILES string of the molecule is COc1cccc(CCOc2cccc(C(=O)N3CCN(C(=O)Nc4cnccn4)CC3)c2)c1. The molecule has 2 heterocycles. The molecular formula is C25H27N5O4. The van der Waals surface area contributed by atoms with Gasteiger partial charge in [-0.05, 0) is 35.9 Å². The Labute approximate surface area is 198 Å². The molecule has 1 aromatic heterocycles. The fourth-order valence-electron chi connectivity index (χ4n) is 3.68. The van der Waals surface area contributed by atoms with E-state index in [1.165, 1.54) is 12.4 Å². The summed E-state index contributed by atoms with van der Waals surface area (Å²) in [5.41, 5.74) is 1.68. The van der Waals surface area contributed by atoms with Crippen LogP contribution in [0, 0.1) is 0 Å². The van der Waals surface area contributed by atoms with Gasteiger partial charge < -0.3 is 19.3 Å². The highest BCUT2D eigenvalue weighted by Gasteiger charge is 2.25. The lowest BCUT2D eigenvalue weighted by Gasteiger charge is -2.34. The Kier molecular flexibility index (Phi) is 7.54. The molecule has 3 amide bonds. The summed E-state index contributed by atoms with van der Waals surface area (Å²) in [6, 6.07) is 14.8. The zero-order valence-corrected chi connectivity index (χ0v) is 19.0. The van der Waals surface area contributed by atoms with Crippen LogP contribution in [0.4, 0.5) is 10.6 Å². The number of carbonyl (C=O) groups is 2. The van der Waals surface area contributed by atoms with Crippen molar-refractivity contribution in [2.45, 2.75) is 6.42 Å². The molecule has 0 unspecified atom stereocenters. The van der Waals surface area contributed by atoms with Crippen LogP contribution in [-0.4, -0.2) is 71.6 Å². The number of aromatic nitrogens is 2. The number of carbonyl (C=O) groups excluding carboxylic acids is 2. The van der Waals surface area contributed by atoms with Gasteiger partial charge in [0.25, 0.3) is 5.91 Å². The Balaban J connectivity index is 1.27. The lowest BCUT2D eigenvalue weighted by Crippen LogP contribution is -2.51. The molecule has 0 aliphatic carbocycles. The van der Waals surface area contributed by atoms with Gasteiger partial charge in [0.05, 0.1) is 19.9 Å². The summed E-state index contributed by atoms with van der Waals surface area (Å²) in [6.45, 7) is 2.27. The normalized spacial score (nSPS) is 13.3. The maximum Gasteiger partial charge on any atom is 0.323 e. The summed E-state index contributed by atoms with van der Waals surface area (Å²) in [7, 11) is 1.65. The third-order valence-electron chi connectivity index (χ3n) is 5.53. The van der Waals surface area contributed by atoms with Gasteiger partial charge in [0, 0.05) is 50.6 Å². The number of nitrogens with one attached hydrogen (secondary N) is 1. The average Bonchev–Trinajstić information content (AvgIpc) is 2.89. The number of anilines is 1. The molecule has 1 N–H and O–H groups in total. The fourth-order valence-corrected chi connectivity index (χ4v) is 3.68. The van der Waals surface area contributed by atoms with Gasteiger partial charge >= 0.3 is 6.03 Å². The number of hydrogen-bond acceptors (Lipinski definition) is 6. The molecular weight excluding hydrogens is 434 g/mol. The number of rotatable bonds is 7. The highest BCUT2D eigenvalue weighted by Crippen LogP contribution is 2.18. The van der Waals surface area contributed by atoms with Crippen molar-refractivity contribution in [1.29, 1.82) is 0 Å². The van der Waals surface area contributed by atoms with E-state index in [2.05, 4.69) is 15.3 Å². The van der Waals surface area contributed by atoms with Crippen molar-refractivity contribution in [3.63, 3.8) is 0 Å². The molecule has 34 heavy (non-hydrogen) atoms. The molecule has 2 aromatic carbocycles. The molecule has 3 aromatic rings. The predicted octanol–water partition coefficient (Wildman–Crippen LogP) is 3.10. The smallest absolute Gasteiger partial charge is 0.323 e. The Hall–Kier alpha value is -4.14.